The molecule has 3 heterocycles. The molecule has 0 bridgehead atoms. The van der Waals surface area contributed by atoms with Crippen LogP contribution in [0.2, 0.25) is 0 Å². The Hall–Kier alpha value is -3.50. The standard InChI is InChI=1S/C28H32F4N6O3Se/c1-17(39)15-34-27(40)18-9-10-21(24(14-18)41-3)33-12-5-6-22-26(42-28(30,31)32)23-7-4-8-25(38(23)36-22)35-20-11-13-37(2)16-19(20)29/h4,7-10,14,17,19-20,33,35,39H,11-13,15-16H2,1-3H3,(H,34,40)/t17-,19+,20-/m1/s1. The molecule has 0 spiro atoms. The van der Waals surface area contributed by atoms with Crippen molar-refractivity contribution >= 4 is 42.3 Å². The van der Waals surface area contributed by atoms with Crippen LogP contribution in [0.4, 0.5) is 29.1 Å². The number of aromatic nitrogens is 2. The summed E-state index contributed by atoms with van der Waals surface area (Å²) in [6.07, 6.45) is -1.28. The van der Waals surface area contributed by atoms with Gasteiger partial charge in [0.2, 0.25) is 0 Å². The number of ether oxygens (including phenoxy) is 1. The molecule has 9 nitrogen and oxygen atoms in total. The van der Waals surface area contributed by atoms with E-state index in [4.69, 9.17) is 4.74 Å². The van der Waals surface area contributed by atoms with E-state index in [1.54, 1.807) is 37.3 Å². The van der Waals surface area contributed by atoms with Crippen molar-refractivity contribution in [1.82, 2.24) is 19.8 Å². The van der Waals surface area contributed by atoms with E-state index in [1.807, 2.05) is 11.9 Å². The van der Waals surface area contributed by atoms with E-state index < -0.39 is 38.3 Å². The summed E-state index contributed by atoms with van der Waals surface area (Å²) in [6, 6.07) is 9.07. The molecule has 4 rings (SSSR count). The number of alkyl halides is 4. The van der Waals surface area contributed by atoms with Gasteiger partial charge in [0.25, 0.3) is 0 Å². The fourth-order valence-corrected chi connectivity index (χ4v) is 5.88. The molecule has 14 heteroatoms. The number of amides is 1. The topological polar surface area (TPSA) is 103 Å². The van der Waals surface area contributed by atoms with Crippen LogP contribution in [0.1, 0.15) is 29.4 Å². The minimum atomic E-state index is -4.43. The molecule has 0 saturated carbocycles. The number of pyridine rings is 1. The molecule has 42 heavy (non-hydrogen) atoms. The van der Waals surface area contributed by atoms with Crippen LogP contribution in [-0.4, -0.2) is 104 Å². The van der Waals surface area contributed by atoms with Gasteiger partial charge in [0, 0.05) is 6.54 Å². The van der Waals surface area contributed by atoms with E-state index >= 15 is 0 Å². The summed E-state index contributed by atoms with van der Waals surface area (Å²) in [5.74, 6) is 5.99. The van der Waals surface area contributed by atoms with Crippen LogP contribution >= 0.6 is 0 Å². The molecule has 3 aromatic rings. The van der Waals surface area contributed by atoms with E-state index in [0.717, 1.165) is 0 Å². The van der Waals surface area contributed by atoms with Crippen LogP contribution < -0.4 is 25.1 Å². The Kier molecular flexibility index (Phi) is 10.2. The third-order valence-electron chi connectivity index (χ3n) is 6.50. The molecule has 0 radical (unpaired) electrons. The number of aliphatic hydroxyl groups excluding tert-OH is 1. The maximum atomic E-state index is 14.7. The SMILES string of the molecule is COc1cc(C(=O)NC[C@@H](C)O)ccc1NCC#Cc1nn2c(N[C@@H]3CCN(C)C[C@@H]3F)cccc2c1[Se]C(F)(F)F. The number of hydrogen-bond donors (Lipinski definition) is 4. The first-order chi connectivity index (χ1) is 19.9. The first kappa shape index (κ1) is 31.4. The number of nitrogens with one attached hydrogen (secondary N) is 3. The van der Waals surface area contributed by atoms with Gasteiger partial charge in [0.05, 0.1) is 6.10 Å². The molecule has 1 amide bonds. The number of fused-ring (bicyclic) bond motifs is 1. The molecule has 0 unspecified atom stereocenters. The predicted octanol–water partition coefficient (Wildman–Crippen LogP) is 2.22. The van der Waals surface area contributed by atoms with Gasteiger partial charge in [-0.1, -0.05) is 0 Å². The number of benzene rings is 1. The van der Waals surface area contributed by atoms with Gasteiger partial charge in [-0.2, -0.15) is 0 Å². The molecule has 1 fully saturated rings. The number of nitrogens with zero attached hydrogens (tertiary/aromatic N) is 3. The number of anilines is 2. The molecule has 1 saturated heterocycles. The summed E-state index contributed by atoms with van der Waals surface area (Å²) in [6.45, 7) is 2.68. The van der Waals surface area contributed by atoms with Gasteiger partial charge in [-0.05, 0) is 6.92 Å². The summed E-state index contributed by atoms with van der Waals surface area (Å²) in [5, 5.41) is 18.1. The van der Waals surface area contributed by atoms with Crippen LogP contribution in [0.15, 0.2) is 36.4 Å². The molecule has 1 aliphatic rings. The molecule has 3 atom stereocenters. The second-order valence-electron chi connectivity index (χ2n) is 9.88. The monoisotopic (exact) mass is 656 g/mol. The third-order valence-corrected chi connectivity index (χ3v) is 8.26. The van der Waals surface area contributed by atoms with Crippen LogP contribution in [0.5, 0.6) is 5.75 Å². The molecule has 226 valence electrons. The molecule has 4 N–H and O–H groups in total. The Bertz CT molecular complexity index is 1470. The van der Waals surface area contributed by atoms with E-state index in [1.165, 1.54) is 17.7 Å². The number of carbonyl (C=O) groups is 1. The van der Waals surface area contributed by atoms with Gasteiger partial charge < -0.3 is 5.11 Å². The van der Waals surface area contributed by atoms with Crippen LogP contribution in [0, 0.1) is 11.8 Å². The number of carbonyl (C=O) groups excluding carboxylic acids is 1. The van der Waals surface area contributed by atoms with Gasteiger partial charge in [0.15, 0.2) is 0 Å². The van der Waals surface area contributed by atoms with Crippen molar-refractivity contribution in [2.24, 2.45) is 0 Å². The molecular weight excluding hydrogens is 623 g/mol. The quantitative estimate of drug-likeness (QED) is 0.159. The van der Waals surface area contributed by atoms with Gasteiger partial charge in [-0.3, -0.25) is 0 Å². The Morgan fingerprint density at radius 2 is 2.10 bits per heavy atom. The number of rotatable bonds is 9. The molecule has 1 aromatic carbocycles. The van der Waals surface area contributed by atoms with E-state index in [9.17, 15) is 27.5 Å². The third kappa shape index (κ3) is 8.07. The first-order valence-electron chi connectivity index (χ1n) is 13.2. The summed E-state index contributed by atoms with van der Waals surface area (Å²) in [5.41, 5.74) is 1.13. The summed E-state index contributed by atoms with van der Waals surface area (Å²) >= 11 is -1.91. The van der Waals surface area contributed by atoms with E-state index in [2.05, 4.69) is 32.9 Å². The summed E-state index contributed by atoms with van der Waals surface area (Å²) in [7, 11) is 3.28. The maximum absolute atomic E-state index is 14.7. The Morgan fingerprint density at radius 1 is 1.31 bits per heavy atom. The Morgan fingerprint density at radius 3 is 2.79 bits per heavy atom. The predicted molar refractivity (Wildman–Crippen MR) is 153 cm³/mol. The van der Waals surface area contributed by atoms with Crippen molar-refractivity contribution < 1.29 is 32.2 Å². The number of methoxy groups -OCH3 is 1. The van der Waals surface area contributed by atoms with Crippen LogP contribution in [0.3, 0.4) is 0 Å². The van der Waals surface area contributed by atoms with Crippen molar-refractivity contribution in [1.29, 1.82) is 0 Å². The number of aliphatic hydroxyl groups is 1. The number of likely N-dealkylation sites (tertiary alicyclic amines) is 1. The number of halogens is 4. The number of piperidine rings is 1. The normalized spacial score (nSPS) is 18.2. The van der Waals surface area contributed by atoms with Crippen LogP contribution in [-0.2, 0) is 0 Å². The van der Waals surface area contributed by atoms with Gasteiger partial charge >= 0.3 is 223 Å². The number of hydrogen-bond acceptors (Lipinski definition) is 7. The van der Waals surface area contributed by atoms with Gasteiger partial charge in [0.1, 0.15) is 0 Å². The Labute approximate surface area is 247 Å². The van der Waals surface area contributed by atoms with Gasteiger partial charge in [-0.25, -0.2) is 0 Å². The minimum absolute atomic E-state index is 0.000599. The van der Waals surface area contributed by atoms with E-state index in [-0.39, 0.29) is 41.2 Å². The van der Waals surface area contributed by atoms with Crippen molar-refractivity contribution in [2.45, 2.75) is 36.7 Å². The fourth-order valence-electron chi connectivity index (χ4n) is 4.45. The molecular formula is C28H32F4N6O3Se. The second kappa shape index (κ2) is 13.6. The zero-order valence-electron chi connectivity index (χ0n) is 23.3. The average Bonchev–Trinajstić information content (AvgIpc) is 3.27. The van der Waals surface area contributed by atoms with E-state index in [0.29, 0.717) is 35.8 Å². The van der Waals surface area contributed by atoms with Crippen molar-refractivity contribution in [3.8, 4) is 17.6 Å². The summed E-state index contributed by atoms with van der Waals surface area (Å²) in [4.78, 5) is 14.2. The zero-order chi connectivity index (χ0) is 30.4. The molecule has 1 aliphatic heterocycles. The van der Waals surface area contributed by atoms with Crippen molar-refractivity contribution in [3.63, 3.8) is 0 Å². The molecule has 2 aromatic heterocycles. The Balaban J connectivity index is 1.54. The van der Waals surface area contributed by atoms with Crippen molar-refractivity contribution in [2.75, 3.05) is 51.0 Å². The van der Waals surface area contributed by atoms with Gasteiger partial charge in [-0.15, -0.1) is 0 Å². The first-order valence-corrected chi connectivity index (χ1v) is 14.9. The van der Waals surface area contributed by atoms with Crippen LogP contribution in [0.25, 0.3) is 5.52 Å². The fraction of sp³-hybridized carbons (Fsp3) is 0.429. The molecule has 0 aliphatic carbocycles. The van der Waals surface area contributed by atoms with Crippen molar-refractivity contribution in [3.05, 3.63) is 47.7 Å². The zero-order valence-corrected chi connectivity index (χ0v) is 25.0. The average molecular weight is 656 g/mol. The second-order valence-corrected chi connectivity index (χ2v) is 12.1. The summed E-state index contributed by atoms with van der Waals surface area (Å²) < 4.78 is 62.1.